The zero-order valence-corrected chi connectivity index (χ0v) is 13.6. The van der Waals surface area contributed by atoms with E-state index in [0.717, 1.165) is 19.3 Å². The van der Waals surface area contributed by atoms with Crippen molar-refractivity contribution in [2.75, 3.05) is 13.7 Å². The Bertz CT molecular complexity index is 366. The minimum atomic E-state index is 0.0285. The van der Waals surface area contributed by atoms with Gasteiger partial charge in [0.05, 0.1) is 5.92 Å². The van der Waals surface area contributed by atoms with Crippen LogP contribution in [-0.4, -0.2) is 19.5 Å². The Morgan fingerprint density at radius 1 is 1.35 bits per heavy atom. The third-order valence-electron chi connectivity index (χ3n) is 4.34. The van der Waals surface area contributed by atoms with Crippen molar-refractivity contribution in [3.63, 3.8) is 0 Å². The number of carbonyl (C=O) groups is 1. The molecular weight excluding hydrogens is 248 g/mol. The Morgan fingerprint density at radius 2 is 2.10 bits per heavy atom. The number of carbonyl (C=O) groups excluding carboxylic acids is 1. The molecule has 1 aliphatic carbocycles. The van der Waals surface area contributed by atoms with Gasteiger partial charge in [0.25, 0.3) is 0 Å². The first kappa shape index (κ1) is 17.2. The quantitative estimate of drug-likeness (QED) is 0.579. The molecule has 0 N–H and O–H groups in total. The number of methoxy groups -OCH3 is 1. The molecule has 114 valence electrons. The number of hydrogen-bond donors (Lipinski definition) is 0. The van der Waals surface area contributed by atoms with Crippen molar-refractivity contribution in [3.8, 4) is 0 Å². The minimum absolute atomic E-state index is 0.0285. The normalized spacial score (nSPS) is 19.7. The number of rotatable bonds is 10. The Morgan fingerprint density at radius 3 is 2.70 bits per heavy atom. The molecule has 0 radical (unpaired) electrons. The highest BCUT2D eigenvalue weighted by Crippen LogP contribution is 2.32. The Labute approximate surface area is 124 Å². The van der Waals surface area contributed by atoms with Gasteiger partial charge in [0, 0.05) is 20.1 Å². The van der Waals surface area contributed by atoms with E-state index in [1.165, 1.54) is 30.4 Å². The van der Waals surface area contributed by atoms with E-state index in [2.05, 4.69) is 32.9 Å². The number of allylic oxidation sites excluding steroid dienone is 3. The van der Waals surface area contributed by atoms with Crippen LogP contribution in [0, 0.1) is 11.8 Å². The Hall–Kier alpha value is -0.890. The number of Topliss-reactive ketones (excluding diaryl/α,β-unsaturated/α-hetero) is 1. The standard InChI is InChI=1S/C18H30O2/c1-5-7-8-15(6-2)13-17(19)18-14(3)9-10-16(18)11-12-20-4/h9-10,15,18H,5-8,11-13H2,1-4H3. The fraction of sp³-hybridized carbons (Fsp3) is 0.722. The summed E-state index contributed by atoms with van der Waals surface area (Å²) in [6.45, 7) is 7.19. The van der Waals surface area contributed by atoms with Crippen LogP contribution in [0.5, 0.6) is 0 Å². The van der Waals surface area contributed by atoms with Crippen LogP contribution in [0.2, 0.25) is 0 Å². The molecule has 0 heterocycles. The van der Waals surface area contributed by atoms with Crippen molar-refractivity contribution < 1.29 is 9.53 Å². The average Bonchev–Trinajstić information content (AvgIpc) is 2.82. The van der Waals surface area contributed by atoms with Crippen LogP contribution in [0.4, 0.5) is 0 Å². The summed E-state index contributed by atoms with van der Waals surface area (Å²) < 4.78 is 5.15. The van der Waals surface area contributed by atoms with Crippen LogP contribution in [0.3, 0.4) is 0 Å². The molecule has 0 amide bonds. The molecule has 2 heteroatoms. The molecule has 0 saturated carbocycles. The summed E-state index contributed by atoms with van der Waals surface area (Å²) in [5.74, 6) is 0.988. The molecule has 0 fully saturated rings. The van der Waals surface area contributed by atoms with E-state index in [9.17, 15) is 4.79 Å². The fourth-order valence-electron chi connectivity index (χ4n) is 2.98. The van der Waals surface area contributed by atoms with Crippen LogP contribution in [-0.2, 0) is 9.53 Å². The topological polar surface area (TPSA) is 26.3 Å². The van der Waals surface area contributed by atoms with Gasteiger partial charge in [0.15, 0.2) is 0 Å². The summed E-state index contributed by atoms with van der Waals surface area (Å²) in [6, 6.07) is 0. The fourth-order valence-corrected chi connectivity index (χ4v) is 2.98. The molecule has 0 aromatic carbocycles. The van der Waals surface area contributed by atoms with E-state index in [1.54, 1.807) is 7.11 Å². The maximum atomic E-state index is 12.6. The van der Waals surface area contributed by atoms with Crippen molar-refractivity contribution in [2.45, 2.75) is 59.3 Å². The van der Waals surface area contributed by atoms with Crippen molar-refractivity contribution in [1.82, 2.24) is 0 Å². The molecule has 0 aliphatic heterocycles. The average molecular weight is 278 g/mol. The largest absolute Gasteiger partial charge is 0.384 e. The lowest BCUT2D eigenvalue weighted by Gasteiger charge is -2.20. The van der Waals surface area contributed by atoms with Gasteiger partial charge >= 0.3 is 0 Å². The molecule has 2 atom stereocenters. The first-order valence-corrected chi connectivity index (χ1v) is 8.02. The summed E-state index contributed by atoms with van der Waals surface area (Å²) >= 11 is 0. The van der Waals surface area contributed by atoms with Gasteiger partial charge in [-0.25, -0.2) is 0 Å². The molecule has 2 nitrogen and oxygen atoms in total. The molecule has 0 aromatic rings. The predicted molar refractivity (Wildman–Crippen MR) is 84.8 cm³/mol. The van der Waals surface area contributed by atoms with Crippen molar-refractivity contribution >= 4 is 5.78 Å². The number of ether oxygens (including phenoxy) is 1. The van der Waals surface area contributed by atoms with Crippen LogP contribution < -0.4 is 0 Å². The minimum Gasteiger partial charge on any atom is -0.384 e. The Balaban J connectivity index is 2.59. The molecule has 0 spiro atoms. The molecular formula is C18H30O2. The zero-order valence-electron chi connectivity index (χ0n) is 13.6. The summed E-state index contributed by atoms with van der Waals surface area (Å²) in [6.07, 6.45) is 10.6. The summed E-state index contributed by atoms with van der Waals surface area (Å²) in [5.41, 5.74) is 2.44. The highest BCUT2D eigenvalue weighted by molar-refractivity contribution is 5.87. The molecule has 0 saturated heterocycles. The van der Waals surface area contributed by atoms with Gasteiger partial charge in [-0.1, -0.05) is 62.8 Å². The number of unbranched alkanes of at least 4 members (excludes halogenated alkanes) is 1. The summed E-state index contributed by atoms with van der Waals surface area (Å²) in [7, 11) is 1.71. The van der Waals surface area contributed by atoms with E-state index in [-0.39, 0.29) is 5.92 Å². The molecule has 1 aliphatic rings. The predicted octanol–water partition coefficient (Wildman–Crippen LogP) is 4.70. The third kappa shape index (κ3) is 4.90. The lowest BCUT2D eigenvalue weighted by atomic mass is 9.84. The van der Waals surface area contributed by atoms with Gasteiger partial charge in [-0.05, 0) is 19.3 Å². The van der Waals surface area contributed by atoms with Gasteiger partial charge in [0.1, 0.15) is 5.78 Å². The number of ketones is 1. The van der Waals surface area contributed by atoms with Crippen molar-refractivity contribution in [2.24, 2.45) is 11.8 Å². The van der Waals surface area contributed by atoms with Gasteiger partial charge in [-0.2, -0.15) is 0 Å². The van der Waals surface area contributed by atoms with Crippen LogP contribution >= 0.6 is 0 Å². The van der Waals surface area contributed by atoms with E-state index in [4.69, 9.17) is 4.74 Å². The molecule has 0 bridgehead atoms. The van der Waals surface area contributed by atoms with Gasteiger partial charge < -0.3 is 4.74 Å². The smallest absolute Gasteiger partial charge is 0.144 e. The van der Waals surface area contributed by atoms with Crippen LogP contribution in [0.1, 0.15) is 59.3 Å². The van der Waals surface area contributed by atoms with E-state index in [0.29, 0.717) is 18.3 Å². The first-order valence-electron chi connectivity index (χ1n) is 8.02. The highest BCUT2D eigenvalue weighted by Gasteiger charge is 2.28. The summed E-state index contributed by atoms with van der Waals surface area (Å²) in [5, 5.41) is 0. The van der Waals surface area contributed by atoms with Gasteiger partial charge in [-0.3, -0.25) is 4.79 Å². The second-order valence-electron chi connectivity index (χ2n) is 5.92. The van der Waals surface area contributed by atoms with Gasteiger partial charge in [-0.15, -0.1) is 0 Å². The van der Waals surface area contributed by atoms with Crippen LogP contribution in [0.25, 0.3) is 0 Å². The maximum Gasteiger partial charge on any atom is 0.144 e. The maximum absolute atomic E-state index is 12.6. The molecule has 20 heavy (non-hydrogen) atoms. The highest BCUT2D eigenvalue weighted by atomic mass is 16.5. The third-order valence-corrected chi connectivity index (χ3v) is 4.34. The molecule has 0 aromatic heterocycles. The van der Waals surface area contributed by atoms with Crippen molar-refractivity contribution in [1.29, 1.82) is 0 Å². The summed E-state index contributed by atoms with van der Waals surface area (Å²) in [4.78, 5) is 12.6. The lowest BCUT2D eigenvalue weighted by molar-refractivity contribution is -0.121. The monoisotopic (exact) mass is 278 g/mol. The Kier molecular flexibility index (Phi) is 7.83. The van der Waals surface area contributed by atoms with E-state index in [1.807, 2.05) is 0 Å². The lowest BCUT2D eigenvalue weighted by Crippen LogP contribution is -2.20. The first-order chi connectivity index (χ1) is 9.63. The zero-order chi connectivity index (χ0) is 15.0. The van der Waals surface area contributed by atoms with E-state index < -0.39 is 0 Å². The SMILES string of the molecule is CCCCC(CC)CC(=O)C1C(C)=CC=C1CCOC. The molecule has 2 unspecified atom stereocenters. The molecule has 1 rings (SSSR count). The van der Waals surface area contributed by atoms with Gasteiger partial charge in [0.2, 0.25) is 0 Å². The second kappa shape index (κ2) is 9.12. The van der Waals surface area contributed by atoms with Crippen molar-refractivity contribution in [3.05, 3.63) is 23.3 Å². The second-order valence-corrected chi connectivity index (χ2v) is 5.92. The number of hydrogen-bond acceptors (Lipinski definition) is 2. The van der Waals surface area contributed by atoms with Crippen LogP contribution in [0.15, 0.2) is 23.3 Å². The van der Waals surface area contributed by atoms with E-state index >= 15 is 0 Å².